The van der Waals surface area contributed by atoms with Crippen molar-refractivity contribution in [2.75, 3.05) is 6.54 Å². The highest BCUT2D eigenvalue weighted by Crippen LogP contribution is 2.35. The van der Waals surface area contributed by atoms with Crippen LogP contribution in [0, 0.1) is 10.1 Å². The molecule has 0 aliphatic carbocycles. The van der Waals surface area contributed by atoms with E-state index in [1.807, 2.05) is 0 Å². The molecule has 138 valence electrons. The van der Waals surface area contributed by atoms with Crippen LogP contribution in [0.25, 0.3) is 0 Å². The van der Waals surface area contributed by atoms with Crippen molar-refractivity contribution in [3.63, 3.8) is 0 Å². The topological polar surface area (TPSA) is 134 Å². The maximum absolute atomic E-state index is 11.6. The number of nitrogens with zero attached hydrogens (tertiary/aromatic N) is 1. The first-order valence-corrected chi connectivity index (χ1v) is 7.69. The van der Waals surface area contributed by atoms with Gasteiger partial charge in [-0.15, -0.1) is 0 Å². The highest BCUT2D eigenvalue weighted by molar-refractivity contribution is 6.34. The number of alkyl carbamates (subject to hydrolysis) is 1. The molecule has 10 heteroatoms. The fourth-order valence-electron chi connectivity index (χ4n) is 1.74. The first kappa shape index (κ1) is 20.5. The molecule has 1 atom stereocenters. The molecule has 0 radical (unpaired) electrons. The summed E-state index contributed by atoms with van der Waals surface area (Å²) in [6, 6.07) is 2.18. The third kappa shape index (κ3) is 6.46. The molecule has 1 aromatic rings. The summed E-state index contributed by atoms with van der Waals surface area (Å²) in [6.07, 6.45) is -1.24. The van der Waals surface area contributed by atoms with Crippen molar-refractivity contribution in [3.05, 3.63) is 32.8 Å². The Labute approximate surface area is 149 Å². The number of hydrogen-bond acceptors (Lipinski definition) is 6. The molecular formula is C15H20ClN3O6. The summed E-state index contributed by atoms with van der Waals surface area (Å²) in [4.78, 5) is 33.2. The number of primary amides is 1. The molecule has 0 fully saturated rings. The van der Waals surface area contributed by atoms with E-state index < -0.39 is 34.3 Å². The van der Waals surface area contributed by atoms with Gasteiger partial charge in [0.05, 0.1) is 11.5 Å². The number of benzene rings is 1. The van der Waals surface area contributed by atoms with Gasteiger partial charge in [-0.3, -0.25) is 14.9 Å². The molecule has 9 nitrogen and oxygen atoms in total. The van der Waals surface area contributed by atoms with Crippen LogP contribution in [0.2, 0.25) is 5.02 Å². The standard InChI is InChI=1S/C15H20ClN3O6/c1-8(7-18-14(21)25-15(2,3)4)24-11-6-9(13(17)20)5-10(12(11)16)19(22)23/h5-6,8H,7H2,1-4H3,(H2,17,20)(H,18,21). The van der Waals surface area contributed by atoms with Crippen LogP contribution in [0.4, 0.5) is 10.5 Å². The van der Waals surface area contributed by atoms with Crippen molar-refractivity contribution in [3.8, 4) is 5.75 Å². The van der Waals surface area contributed by atoms with E-state index in [2.05, 4.69) is 5.32 Å². The molecule has 0 heterocycles. The van der Waals surface area contributed by atoms with Crippen LogP contribution in [-0.2, 0) is 4.74 Å². The lowest BCUT2D eigenvalue weighted by atomic mass is 10.1. The number of nitrogens with one attached hydrogen (secondary N) is 1. The third-order valence-electron chi connectivity index (χ3n) is 2.76. The Morgan fingerprint density at radius 3 is 2.48 bits per heavy atom. The molecule has 0 aliphatic heterocycles. The van der Waals surface area contributed by atoms with Crippen LogP contribution >= 0.6 is 11.6 Å². The lowest BCUT2D eigenvalue weighted by Gasteiger charge is -2.21. The van der Waals surface area contributed by atoms with E-state index in [1.54, 1.807) is 27.7 Å². The minimum absolute atomic E-state index is 0.0554. The van der Waals surface area contributed by atoms with E-state index in [-0.39, 0.29) is 22.9 Å². The number of amides is 2. The Morgan fingerprint density at radius 2 is 2.00 bits per heavy atom. The van der Waals surface area contributed by atoms with Crippen molar-refractivity contribution in [2.45, 2.75) is 39.4 Å². The van der Waals surface area contributed by atoms with Crippen molar-refractivity contribution in [1.29, 1.82) is 0 Å². The SMILES string of the molecule is CC(CNC(=O)OC(C)(C)C)Oc1cc(C(N)=O)cc([N+](=O)[O-])c1Cl. The zero-order chi connectivity index (χ0) is 19.4. The van der Waals surface area contributed by atoms with Gasteiger partial charge in [-0.25, -0.2) is 4.79 Å². The van der Waals surface area contributed by atoms with Crippen LogP contribution < -0.4 is 15.8 Å². The number of rotatable bonds is 6. The fraction of sp³-hybridized carbons (Fsp3) is 0.467. The van der Waals surface area contributed by atoms with E-state index in [9.17, 15) is 19.7 Å². The van der Waals surface area contributed by atoms with Gasteiger partial charge in [0.15, 0.2) is 5.02 Å². The number of carbonyl (C=O) groups is 2. The van der Waals surface area contributed by atoms with E-state index >= 15 is 0 Å². The van der Waals surface area contributed by atoms with Crippen molar-refractivity contribution >= 4 is 29.3 Å². The van der Waals surface area contributed by atoms with Crippen LogP contribution in [0.5, 0.6) is 5.75 Å². The molecule has 0 spiro atoms. The van der Waals surface area contributed by atoms with Gasteiger partial charge in [0, 0.05) is 11.6 Å². The van der Waals surface area contributed by atoms with Gasteiger partial charge in [0.25, 0.3) is 5.69 Å². The van der Waals surface area contributed by atoms with E-state index in [4.69, 9.17) is 26.8 Å². The quantitative estimate of drug-likeness (QED) is 0.581. The molecule has 1 unspecified atom stereocenters. The molecule has 2 amide bonds. The highest BCUT2D eigenvalue weighted by Gasteiger charge is 2.23. The Bertz CT molecular complexity index is 687. The summed E-state index contributed by atoms with van der Waals surface area (Å²) in [5.41, 5.74) is 3.90. The lowest BCUT2D eigenvalue weighted by molar-refractivity contribution is -0.384. The third-order valence-corrected chi connectivity index (χ3v) is 3.14. The maximum atomic E-state index is 11.6. The Balaban J connectivity index is 2.86. The van der Waals surface area contributed by atoms with Crippen LogP contribution in [0.1, 0.15) is 38.1 Å². The van der Waals surface area contributed by atoms with Crippen LogP contribution in [0.15, 0.2) is 12.1 Å². The van der Waals surface area contributed by atoms with Gasteiger partial charge >= 0.3 is 6.09 Å². The van der Waals surface area contributed by atoms with Crippen molar-refractivity contribution in [1.82, 2.24) is 5.32 Å². The molecule has 0 aromatic heterocycles. The summed E-state index contributed by atoms with van der Waals surface area (Å²) in [6.45, 7) is 6.83. The second-order valence-corrected chi connectivity index (χ2v) is 6.62. The first-order chi connectivity index (χ1) is 11.4. The Morgan fingerprint density at radius 1 is 1.40 bits per heavy atom. The summed E-state index contributed by atoms with van der Waals surface area (Å²) >= 11 is 5.94. The fourth-order valence-corrected chi connectivity index (χ4v) is 1.97. The molecule has 3 N–H and O–H groups in total. The highest BCUT2D eigenvalue weighted by atomic mass is 35.5. The summed E-state index contributed by atoms with van der Waals surface area (Å²) in [7, 11) is 0. The number of carbonyl (C=O) groups excluding carboxylic acids is 2. The summed E-state index contributed by atoms with van der Waals surface area (Å²) < 4.78 is 10.6. The lowest BCUT2D eigenvalue weighted by Crippen LogP contribution is -2.37. The zero-order valence-corrected chi connectivity index (χ0v) is 15.0. The number of nitrogens with two attached hydrogens (primary N) is 1. The molecule has 1 aromatic carbocycles. The molecule has 0 saturated carbocycles. The Kier molecular flexibility index (Phi) is 6.57. The first-order valence-electron chi connectivity index (χ1n) is 7.32. The summed E-state index contributed by atoms with van der Waals surface area (Å²) in [5.74, 6) is -0.938. The predicted molar refractivity (Wildman–Crippen MR) is 91.0 cm³/mol. The van der Waals surface area contributed by atoms with E-state index in [1.165, 1.54) is 6.07 Å². The second kappa shape index (κ2) is 8.02. The van der Waals surface area contributed by atoms with Gasteiger partial charge in [0.2, 0.25) is 5.91 Å². The minimum Gasteiger partial charge on any atom is -0.487 e. The molecule has 0 aliphatic rings. The Hall–Kier alpha value is -2.55. The maximum Gasteiger partial charge on any atom is 0.407 e. The van der Waals surface area contributed by atoms with Gasteiger partial charge in [-0.1, -0.05) is 11.6 Å². The van der Waals surface area contributed by atoms with Crippen molar-refractivity contribution in [2.24, 2.45) is 5.73 Å². The van der Waals surface area contributed by atoms with E-state index in [0.29, 0.717) is 0 Å². The number of nitro benzene ring substituents is 1. The van der Waals surface area contributed by atoms with Crippen LogP contribution in [0.3, 0.4) is 0 Å². The smallest absolute Gasteiger partial charge is 0.407 e. The largest absolute Gasteiger partial charge is 0.487 e. The number of ether oxygens (including phenoxy) is 2. The molecular weight excluding hydrogens is 354 g/mol. The van der Waals surface area contributed by atoms with Gasteiger partial charge in [0.1, 0.15) is 17.5 Å². The monoisotopic (exact) mass is 373 g/mol. The normalized spacial score (nSPS) is 12.2. The average molecular weight is 374 g/mol. The van der Waals surface area contributed by atoms with Gasteiger partial charge < -0.3 is 20.5 Å². The number of halogens is 1. The predicted octanol–water partition coefficient (Wildman–Crippen LogP) is 2.64. The molecule has 1 rings (SSSR count). The van der Waals surface area contributed by atoms with Crippen molar-refractivity contribution < 1.29 is 24.0 Å². The van der Waals surface area contributed by atoms with Gasteiger partial charge in [-0.2, -0.15) is 0 Å². The minimum atomic E-state index is -0.857. The van der Waals surface area contributed by atoms with Crippen LogP contribution in [-0.4, -0.2) is 35.2 Å². The molecule has 25 heavy (non-hydrogen) atoms. The molecule has 0 saturated heterocycles. The molecule has 0 bridgehead atoms. The number of nitro groups is 1. The van der Waals surface area contributed by atoms with E-state index in [0.717, 1.165) is 6.07 Å². The average Bonchev–Trinajstić information content (AvgIpc) is 2.44. The second-order valence-electron chi connectivity index (χ2n) is 6.24. The summed E-state index contributed by atoms with van der Waals surface area (Å²) in [5, 5.41) is 13.3. The number of hydrogen-bond donors (Lipinski definition) is 2. The zero-order valence-electron chi connectivity index (χ0n) is 14.3. The van der Waals surface area contributed by atoms with Gasteiger partial charge in [-0.05, 0) is 33.8 Å².